The first-order chi connectivity index (χ1) is 9.67. The van der Waals surface area contributed by atoms with Crippen molar-refractivity contribution < 1.29 is 0 Å². The molecular formula is C16H24N4. The average molecular weight is 272 g/mol. The monoisotopic (exact) mass is 272 g/mol. The lowest BCUT2D eigenvalue weighted by Gasteiger charge is -2.16. The quantitative estimate of drug-likeness (QED) is 0.841. The Morgan fingerprint density at radius 3 is 2.60 bits per heavy atom. The van der Waals surface area contributed by atoms with E-state index in [2.05, 4.69) is 53.7 Å². The van der Waals surface area contributed by atoms with Gasteiger partial charge in [0.2, 0.25) is 0 Å². The molecule has 0 aliphatic carbocycles. The predicted octanol–water partition coefficient (Wildman–Crippen LogP) is 2.28. The Labute approximate surface area is 121 Å². The van der Waals surface area contributed by atoms with E-state index in [-0.39, 0.29) is 0 Å². The van der Waals surface area contributed by atoms with Crippen LogP contribution in [0.1, 0.15) is 30.2 Å². The number of aryl methyl sites for hydroxylation is 3. The van der Waals surface area contributed by atoms with E-state index in [1.807, 2.05) is 13.2 Å². The summed E-state index contributed by atoms with van der Waals surface area (Å²) in [5, 5.41) is 11.7. The van der Waals surface area contributed by atoms with Crippen LogP contribution in [0, 0.1) is 6.92 Å². The van der Waals surface area contributed by atoms with Crippen LogP contribution in [0.15, 0.2) is 30.5 Å². The summed E-state index contributed by atoms with van der Waals surface area (Å²) in [5.74, 6) is 0. The second-order valence-electron chi connectivity index (χ2n) is 5.37. The zero-order valence-corrected chi connectivity index (χ0v) is 12.6. The highest BCUT2D eigenvalue weighted by atomic mass is 15.4. The van der Waals surface area contributed by atoms with E-state index in [9.17, 15) is 0 Å². The largest absolute Gasteiger partial charge is 0.314 e. The summed E-state index contributed by atoms with van der Waals surface area (Å²) in [6.45, 7) is 5.26. The minimum absolute atomic E-state index is 0.456. The van der Waals surface area contributed by atoms with Gasteiger partial charge >= 0.3 is 0 Å². The van der Waals surface area contributed by atoms with E-state index in [1.165, 1.54) is 11.1 Å². The van der Waals surface area contributed by atoms with Gasteiger partial charge in [-0.25, -0.2) is 0 Å². The molecule has 0 spiro atoms. The van der Waals surface area contributed by atoms with Crippen molar-refractivity contribution in [1.82, 2.24) is 20.3 Å². The SMILES string of the molecule is CCNC(CCc1ccc(C)cc1)Cc1cn(C)nn1. The van der Waals surface area contributed by atoms with Crippen molar-refractivity contribution in [2.75, 3.05) is 6.54 Å². The van der Waals surface area contributed by atoms with E-state index in [1.54, 1.807) is 4.68 Å². The molecular weight excluding hydrogens is 248 g/mol. The molecule has 4 nitrogen and oxygen atoms in total. The van der Waals surface area contributed by atoms with Crippen molar-refractivity contribution in [2.24, 2.45) is 7.05 Å². The number of likely N-dealkylation sites (N-methyl/N-ethyl adjacent to an activating group) is 1. The zero-order valence-electron chi connectivity index (χ0n) is 12.6. The highest BCUT2D eigenvalue weighted by Gasteiger charge is 2.11. The van der Waals surface area contributed by atoms with Gasteiger partial charge in [-0.05, 0) is 31.9 Å². The lowest BCUT2D eigenvalue weighted by atomic mass is 10.0. The van der Waals surface area contributed by atoms with E-state index in [0.717, 1.165) is 31.5 Å². The molecule has 1 atom stereocenters. The van der Waals surface area contributed by atoms with Crippen LogP contribution in [0.2, 0.25) is 0 Å². The van der Waals surface area contributed by atoms with Crippen LogP contribution >= 0.6 is 0 Å². The maximum absolute atomic E-state index is 4.18. The van der Waals surface area contributed by atoms with Gasteiger partial charge in [-0.3, -0.25) is 4.68 Å². The fourth-order valence-corrected chi connectivity index (χ4v) is 2.40. The van der Waals surface area contributed by atoms with Gasteiger partial charge in [0.15, 0.2) is 0 Å². The Bertz CT molecular complexity index is 516. The number of aromatic nitrogens is 3. The second-order valence-corrected chi connectivity index (χ2v) is 5.37. The van der Waals surface area contributed by atoms with Crippen LogP contribution in [-0.2, 0) is 19.9 Å². The van der Waals surface area contributed by atoms with E-state index >= 15 is 0 Å². The zero-order chi connectivity index (χ0) is 14.4. The molecule has 0 bridgehead atoms. The van der Waals surface area contributed by atoms with E-state index in [4.69, 9.17) is 0 Å². The van der Waals surface area contributed by atoms with Gasteiger partial charge in [0.05, 0.1) is 5.69 Å². The second kappa shape index (κ2) is 7.20. The Morgan fingerprint density at radius 2 is 2.00 bits per heavy atom. The molecule has 0 radical (unpaired) electrons. The van der Waals surface area contributed by atoms with Gasteiger partial charge in [-0.2, -0.15) is 0 Å². The fourth-order valence-electron chi connectivity index (χ4n) is 2.40. The fraction of sp³-hybridized carbons (Fsp3) is 0.500. The van der Waals surface area contributed by atoms with E-state index < -0.39 is 0 Å². The maximum atomic E-state index is 4.18. The standard InChI is InChI=1S/C16H24N4/c1-4-17-15(11-16-12-20(3)19-18-16)10-9-14-7-5-13(2)6-8-14/h5-8,12,15,17H,4,9-11H2,1-3H3. The molecule has 4 heteroatoms. The molecule has 108 valence electrons. The molecule has 1 unspecified atom stereocenters. The van der Waals surface area contributed by atoms with Gasteiger partial charge in [-0.1, -0.05) is 42.0 Å². The van der Waals surface area contributed by atoms with Crippen LogP contribution in [0.25, 0.3) is 0 Å². The Kier molecular flexibility index (Phi) is 5.30. The summed E-state index contributed by atoms with van der Waals surface area (Å²) in [4.78, 5) is 0. The number of benzene rings is 1. The molecule has 2 aromatic rings. The Morgan fingerprint density at radius 1 is 1.25 bits per heavy atom. The van der Waals surface area contributed by atoms with Crippen molar-refractivity contribution in [3.63, 3.8) is 0 Å². The van der Waals surface area contributed by atoms with Gasteiger partial charge in [-0.15, -0.1) is 5.10 Å². The molecule has 1 N–H and O–H groups in total. The van der Waals surface area contributed by atoms with Gasteiger partial charge in [0.25, 0.3) is 0 Å². The topological polar surface area (TPSA) is 42.7 Å². The van der Waals surface area contributed by atoms with Gasteiger partial charge < -0.3 is 5.32 Å². The third-order valence-corrected chi connectivity index (χ3v) is 3.50. The number of hydrogen-bond acceptors (Lipinski definition) is 3. The lowest BCUT2D eigenvalue weighted by Crippen LogP contribution is -2.31. The van der Waals surface area contributed by atoms with Crippen molar-refractivity contribution in [1.29, 1.82) is 0 Å². The van der Waals surface area contributed by atoms with Crippen LogP contribution in [-0.4, -0.2) is 27.6 Å². The van der Waals surface area contributed by atoms with Crippen molar-refractivity contribution in [2.45, 2.75) is 39.2 Å². The first-order valence-corrected chi connectivity index (χ1v) is 7.31. The molecule has 0 aliphatic rings. The molecule has 2 rings (SSSR count). The molecule has 1 heterocycles. The summed E-state index contributed by atoms with van der Waals surface area (Å²) in [6, 6.07) is 9.26. The highest BCUT2D eigenvalue weighted by molar-refractivity contribution is 5.21. The normalized spacial score (nSPS) is 12.6. The lowest BCUT2D eigenvalue weighted by molar-refractivity contribution is 0.486. The first-order valence-electron chi connectivity index (χ1n) is 7.31. The summed E-state index contributed by atoms with van der Waals surface area (Å²) in [7, 11) is 1.91. The van der Waals surface area contributed by atoms with Crippen LogP contribution < -0.4 is 5.32 Å². The minimum atomic E-state index is 0.456. The van der Waals surface area contributed by atoms with Crippen molar-refractivity contribution in [3.05, 3.63) is 47.3 Å². The number of nitrogens with one attached hydrogen (secondary N) is 1. The van der Waals surface area contributed by atoms with Crippen LogP contribution in [0.3, 0.4) is 0 Å². The molecule has 0 saturated carbocycles. The summed E-state index contributed by atoms with van der Waals surface area (Å²) in [5.41, 5.74) is 3.77. The number of hydrogen-bond donors (Lipinski definition) is 1. The molecule has 1 aromatic carbocycles. The smallest absolute Gasteiger partial charge is 0.0842 e. The third-order valence-electron chi connectivity index (χ3n) is 3.50. The number of rotatable bonds is 7. The summed E-state index contributed by atoms with van der Waals surface area (Å²) in [6.07, 6.45) is 5.15. The minimum Gasteiger partial charge on any atom is -0.314 e. The molecule has 20 heavy (non-hydrogen) atoms. The predicted molar refractivity (Wildman–Crippen MR) is 81.7 cm³/mol. The third kappa shape index (κ3) is 4.46. The van der Waals surface area contributed by atoms with E-state index in [0.29, 0.717) is 6.04 Å². The highest BCUT2D eigenvalue weighted by Crippen LogP contribution is 2.10. The van der Waals surface area contributed by atoms with Crippen molar-refractivity contribution >= 4 is 0 Å². The van der Waals surface area contributed by atoms with Crippen LogP contribution in [0.5, 0.6) is 0 Å². The Balaban J connectivity index is 1.90. The molecule has 0 amide bonds. The van der Waals surface area contributed by atoms with Crippen molar-refractivity contribution in [3.8, 4) is 0 Å². The Hall–Kier alpha value is -1.68. The van der Waals surface area contributed by atoms with Crippen LogP contribution in [0.4, 0.5) is 0 Å². The molecule has 0 aliphatic heterocycles. The first kappa shape index (κ1) is 14.7. The van der Waals surface area contributed by atoms with Gasteiger partial charge in [0, 0.05) is 25.7 Å². The summed E-state index contributed by atoms with van der Waals surface area (Å²) < 4.78 is 1.76. The maximum Gasteiger partial charge on any atom is 0.0842 e. The molecule has 1 aromatic heterocycles. The summed E-state index contributed by atoms with van der Waals surface area (Å²) >= 11 is 0. The van der Waals surface area contributed by atoms with Gasteiger partial charge in [0.1, 0.15) is 0 Å². The number of nitrogens with zero attached hydrogens (tertiary/aromatic N) is 3. The molecule has 0 saturated heterocycles. The molecule has 0 fully saturated rings. The average Bonchev–Trinajstić information content (AvgIpc) is 2.83.